The highest BCUT2D eigenvalue weighted by atomic mass is 16.1. The molecule has 162 valence electrons. The maximum atomic E-state index is 12.5. The first-order valence-electron chi connectivity index (χ1n) is 10.4. The Morgan fingerprint density at radius 2 is 1.87 bits per heavy atom. The smallest absolute Gasteiger partial charge is 0.257 e. The fraction of sp³-hybridized carbons (Fsp3) is 0.409. The van der Waals surface area contributed by atoms with Crippen molar-refractivity contribution in [3.63, 3.8) is 0 Å². The van der Waals surface area contributed by atoms with E-state index in [2.05, 4.69) is 62.9 Å². The summed E-state index contributed by atoms with van der Waals surface area (Å²) in [6.07, 6.45) is 8.29. The topological polar surface area (TPSA) is 92.1 Å². The number of aromatic nitrogens is 5. The van der Waals surface area contributed by atoms with Crippen LogP contribution in [0.5, 0.6) is 0 Å². The van der Waals surface area contributed by atoms with Gasteiger partial charge in [0.15, 0.2) is 5.82 Å². The molecule has 31 heavy (non-hydrogen) atoms. The van der Waals surface area contributed by atoms with Crippen molar-refractivity contribution in [1.82, 2.24) is 29.6 Å². The van der Waals surface area contributed by atoms with Crippen LogP contribution in [0, 0.1) is 0 Å². The maximum absolute atomic E-state index is 12.5. The van der Waals surface area contributed by atoms with E-state index >= 15 is 0 Å². The molecule has 1 fully saturated rings. The summed E-state index contributed by atoms with van der Waals surface area (Å²) in [4.78, 5) is 30.5. The zero-order chi connectivity index (χ0) is 22.0. The highest BCUT2D eigenvalue weighted by molar-refractivity contribution is 6.03. The first-order chi connectivity index (χ1) is 14.8. The van der Waals surface area contributed by atoms with Gasteiger partial charge < -0.3 is 10.2 Å². The van der Waals surface area contributed by atoms with E-state index in [1.54, 1.807) is 41.6 Å². The molecule has 1 N–H and O–H groups in total. The number of nitrogens with zero attached hydrogens (tertiary/aromatic N) is 7. The van der Waals surface area contributed by atoms with E-state index in [1.165, 1.54) is 6.20 Å². The quantitative estimate of drug-likeness (QED) is 0.694. The van der Waals surface area contributed by atoms with Crippen molar-refractivity contribution in [1.29, 1.82) is 0 Å². The summed E-state index contributed by atoms with van der Waals surface area (Å²) in [5, 5.41) is 6.95. The van der Waals surface area contributed by atoms with Crippen molar-refractivity contribution in [2.75, 3.05) is 29.9 Å². The van der Waals surface area contributed by atoms with Gasteiger partial charge in [-0.05, 0) is 45.9 Å². The van der Waals surface area contributed by atoms with Crippen molar-refractivity contribution in [3.8, 4) is 5.82 Å². The van der Waals surface area contributed by atoms with Gasteiger partial charge in [-0.2, -0.15) is 5.10 Å². The Bertz CT molecular complexity index is 1010. The standard InChI is InChI=1S/C22H28N8O/c1-16-15-28(22(2,3)4)10-11-29(16)21-24-13-18(14-25-21)27-20(31)17-6-7-19(23-12-17)30-9-5-8-26-30/h5-9,12-14,16H,10-11,15H2,1-4H3,(H,27,31)/t16-/m0/s1. The molecule has 4 rings (SSSR count). The van der Waals surface area contributed by atoms with Gasteiger partial charge in [-0.25, -0.2) is 19.6 Å². The Morgan fingerprint density at radius 1 is 1.10 bits per heavy atom. The third-order valence-corrected chi connectivity index (χ3v) is 5.48. The predicted molar refractivity (Wildman–Crippen MR) is 119 cm³/mol. The van der Waals surface area contributed by atoms with Crippen LogP contribution in [-0.2, 0) is 0 Å². The van der Waals surface area contributed by atoms with Crippen LogP contribution in [0.1, 0.15) is 38.1 Å². The Hall–Kier alpha value is -3.33. The highest BCUT2D eigenvalue weighted by Gasteiger charge is 2.31. The van der Waals surface area contributed by atoms with Crippen LogP contribution in [0.2, 0.25) is 0 Å². The van der Waals surface area contributed by atoms with Gasteiger partial charge >= 0.3 is 0 Å². The van der Waals surface area contributed by atoms with Crippen LogP contribution in [0.15, 0.2) is 49.2 Å². The second-order valence-corrected chi connectivity index (χ2v) is 8.74. The molecule has 0 unspecified atom stereocenters. The molecule has 4 heterocycles. The monoisotopic (exact) mass is 420 g/mol. The van der Waals surface area contributed by atoms with Gasteiger partial charge in [0.2, 0.25) is 5.95 Å². The van der Waals surface area contributed by atoms with Gasteiger partial charge in [0.05, 0.1) is 23.6 Å². The lowest BCUT2D eigenvalue weighted by atomic mass is 10.0. The van der Waals surface area contributed by atoms with Gasteiger partial charge in [0.25, 0.3) is 5.91 Å². The molecule has 1 aliphatic heterocycles. The summed E-state index contributed by atoms with van der Waals surface area (Å²) in [6.45, 7) is 11.7. The molecule has 1 saturated heterocycles. The zero-order valence-electron chi connectivity index (χ0n) is 18.4. The van der Waals surface area contributed by atoms with Crippen molar-refractivity contribution >= 4 is 17.5 Å². The SMILES string of the molecule is C[C@H]1CN(C(C)(C)C)CCN1c1ncc(NC(=O)c2ccc(-n3cccn3)nc2)cn1. The van der Waals surface area contributed by atoms with Crippen LogP contribution in [-0.4, -0.2) is 66.8 Å². The van der Waals surface area contributed by atoms with Crippen LogP contribution < -0.4 is 10.2 Å². The summed E-state index contributed by atoms with van der Waals surface area (Å²) in [6, 6.07) is 5.59. The van der Waals surface area contributed by atoms with Crippen molar-refractivity contribution in [2.45, 2.75) is 39.3 Å². The molecule has 9 nitrogen and oxygen atoms in total. The normalized spacial score (nSPS) is 17.5. The lowest BCUT2D eigenvalue weighted by Crippen LogP contribution is -2.57. The minimum atomic E-state index is -0.261. The summed E-state index contributed by atoms with van der Waals surface area (Å²) >= 11 is 0. The molecular weight excluding hydrogens is 392 g/mol. The largest absolute Gasteiger partial charge is 0.336 e. The molecule has 1 atom stereocenters. The number of amides is 1. The number of carbonyl (C=O) groups is 1. The average molecular weight is 421 g/mol. The molecule has 9 heteroatoms. The number of carbonyl (C=O) groups excluding carboxylic acids is 1. The Kier molecular flexibility index (Phi) is 5.69. The fourth-order valence-electron chi connectivity index (χ4n) is 3.66. The van der Waals surface area contributed by atoms with Gasteiger partial charge in [-0.3, -0.25) is 9.69 Å². The minimum Gasteiger partial charge on any atom is -0.336 e. The van der Waals surface area contributed by atoms with E-state index in [0.29, 0.717) is 29.1 Å². The number of pyridine rings is 1. The molecule has 0 spiro atoms. The van der Waals surface area contributed by atoms with Crippen molar-refractivity contribution in [3.05, 3.63) is 54.7 Å². The first kappa shape index (κ1) is 20.9. The summed E-state index contributed by atoms with van der Waals surface area (Å²) in [5.41, 5.74) is 1.15. The first-order valence-corrected chi connectivity index (χ1v) is 10.4. The molecule has 0 aliphatic carbocycles. The van der Waals surface area contributed by atoms with E-state index in [0.717, 1.165) is 19.6 Å². The second kappa shape index (κ2) is 8.43. The molecular formula is C22H28N8O. The third-order valence-electron chi connectivity index (χ3n) is 5.48. The van der Waals surface area contributed by atoms with E-state index in [-0.39, 0.29) is 11.4 Å². The molecule has 0 bridgehead atoms. The zero-order valence-corrected chi connectivity index (χ0v) is 18.4. The predicted octanol–water partition coefficient (Wildman–Crippen LogP) is 2.62. The van der Waals surface area contributed by atoms with Crippen molar-refractivity contribution in [2.24, 2.45) is 0 Å². The fourth-order valence-corrected chi connectivity index (χ4v) is 3.66. The second-order valence-electron chi connectivity index (χ2n) is 8.74. The number of rotatable bonds is 4. The number of piperazine rings is 1. The average Bonchev–Trinajstić information content (AvgIpc) is 3.29. The lowest BCUT2D eigenvalue weighted by molar-refractivity contribution is 0.102. The number of anilines is 2. The Balaban J connectivity index is 1.38. The van der Waals surface area contributed by atoms with Crippen LogP contribution in [0.25, 0.3) is 5.82 Å². The van der Waals surface area contributed by atoms with Crippen molar-refractivity contribution < 1.29 is 4.79 Å². The van der Waals surface area contributed by atoms with Gasteiger partial charge in [0, 0.05) is 49.8 Å². The van der Waals surface area contributed by atoms with Gasteiger partial charge in [-0.15, -0.1) is 0 Å². The third kappa shape index (κ3) is 4.72. The molecule has 0 aromatic carbocycles. The van der Waals surface area contributed by atoms with E-state index < -0.39 is 0 Å². The van der Waals surface area contributed by atoms with Gasteiger partial charge in [-0.1, -0.05) is 0 Å². The number of hydrogen-bond acceptors (Lipinski definition) is 7. The van der Waals surface area contributed by atoms with Crippen LogP contribution >= 0.6 is 0 Å². The van der Waals surface area contributed by atoms with Gasteiger partial charge in [0.1, 0.15) is 0 Å². The molecule has 1 amide bonds. The number of hydrogen-bond donors (Lipinski definition) is 1. The molecule has 0 saturated carbocycles. The van der Waals surface area contributed by atoms with E-state index in [1.807, 2.05) is 6.07 Å². The molecule has 3 aromatic heterocycles. The van der Waals surface area contributed by atoms with Crippen LogP contribution in [0.4, 0.5) is 11.6 Å². The van der Waals surface area contributed by atoms with E-state index in [9.17, 15) is 4.79 Å². The minimum absolute atomic E-state index is 0.154. The lowest BCUT2D eigenvalue weighted by Gasteiger charge is -2.45. The Morgan fingerprint density at radius 3 is 2.45 bits per heavy atom. The summed E-state index contributed by atoms with van der Waals surface area (Å²) in [5.74, 6) is 1.07. The molecule has 0 radical (unpaired) electrons. The Labute approximate surface area is 182 Å². The summed E-state index contributed by atoms with van der Waals surface area (Å²) < 4.78 is 1.64. The summed E-state index contributed by atoms with van der Waals surface area (Å²) in [7, 11) is 0. The van der Waals surface area contributed by atoms with E-state index in [4.69, 9.17) is 0 Å². The maximum Gasteiger partial charge on any atom is 0.257 e. The van der Waals surface area contributed by atoms with Crippen LogP contribution in [0.3, 0.4) is 0 Å². The molecule has 3 aromatic rings. The highest BCUT2D eigenvalue weighted by Crippen LogP contribution is 2.22. The molecule has 1 aliphatic rings. The number of nitrogens with one attached hydrogen (secondary N) is 1.